The Kier molecular flexibility index (Phi) is 3.77. The summed E-state index contributed by atoms with van der Waals surface area (Å²) in [6, 6.07) is 3.73. The summed E-state index contributed by atoms with van der Waals surface area (Å²) in [6.45, 7) is 1.78. The first-order valence-electron chi connectivity index (χ1n) is 7.34. The standard InChI is InChI=1S/C16H19F3OS/c1-10-5-6-11(16(17,18)19)7-14(10)15(20)8-12-3-2-4-13(9-15)21-12/h5-7,12-13,20H,2-4,8-9H2,1H3. The predicted molar refractivity (Wildman–Crippen MR) is 78.3 cm³/mol. The quantitative estimate of drug-likeness (QED) is 0.814. The normalized spacial score (nSPS) is 33.0. The van der Waals surface area contributed by atoms with Gasteiger partial charge in [-0.25, -0.2) is 0 Å². The van der Waals surface area contributed by atoms with Gasteiger partial charge in [-0.15, -0.1) is 0 Å². The van der Waals surface area contributed by atoms with Crippen LogP contribution in [0.3, 0.4) is 0 Å². The molecule has 0 aliphatic carbocycles. The average Bonchev–Trinajstić information content (AvgIpc) is 2.36. The zero-order chi connectivity index (χ0) is 15.3. The summed E-state index contributed by atoms with van der Waals surface area (Å²) in [5.74, 6) is 0. The molecule has 1 nitrogen and oxygen atoms in total. The Morgan fingerprint density at radius 2 is 1.81 bits per heavy atom. The number of fused-ring (bicyclic) bond motifs is 2. The van der Waals surface area contributed by atoms with Gasteiger partial charge in [0.2, 0.25) is 0 Å². The number of aliphatic hydroxyl groups is 1. The molecule has 2 unspecified atom stereocenters. The molecule has 0 radical (unpaired) electrons. The van der Waals surface area contributed by atoms with Crippen LogP contribution in [0, 0.1) is 6.92 Å². The van der Waals surface area contributed by atoms with Gasteiger partial charge in [-0.05, 0) is 55.9 Å². The summed E-state index contributed by atoms with van der Waals surface area (Å²) in [5, 5.41) is 11.8. The van der Waals surface area contributed by atoms with Crippen molar-refractivity contribution < 1.29 is 18.3 Å². The van der Waals surface area contributed by atoms with Gasteiger partial charge in [0.15, 0.2) is 0 Å². The maximum absolute atomic E-state index is 12.9. The molecule has 0 aromatic heterocycles. The lowest BCUT2D eigenvalue weighted by molar-refractivity contribution is -0.137. The maximum atomic E-state index is 12.9. The van der Waals surface area contributed by atoms with Crippen LogP contribution in [0.1, 0.15) is 48.8 Å². The smallest absolute Gasteiger partial charge is 0.385 e. The van der Waals surface area contributed by atoms with E-state index < -0.39 is 17.3 Å². The van der Waals surface area contributed by atoms with Gasteiger partial charge in [0, 0.05) is 10.5 Å². The second-order valence-electron chi connectivity index (χ2n) is 6.28. The van der Waals surface area contributed by atoms with Crippen LogP contribution in [-0.2, 0) is 11.8 Å². The Morgan fingerprint density at radius 1 is 1.19 bits per heavy atom. The van der Waals surface area contributed by atoms with E-state index in [1.165, 1.54) is 12.5 Å². The van der Waals surface area contributed by atoms with E-state index >= 15 is 0 Å². The van der Waals surface area contributed by atoms with Crippen LogP contribution in [0.25, 0.3) is 0 Å². The number of benzene rings is 1. The Morgan fingerprint density at radius 3 is 2.38 bits per heavy atom. The molecule has 2 fully saturated rings. The van der Waals surface area contributed by atoms with Gasteiger partial charge in [-0.3, -0.25) is 0 Å². The third kappa shape index (κ3) is 2.95. The molecule has 0 amide bonds. The molecule has 21 heavy (non-hydrogen) atoms. The molecular weight excluding hydrogens is 297 g/mol. The first-order valence-corrected chi connectivity index (χ1v) is 8.28. The Balaban J connectivity index is 1.98. The van der Waals surface area contributed by atoms with E-state index in [2.05, 4.69) is 0 Å². The number of alkyl halides is 3. The first-order chi connectivity index (χ1) is 9.78. The first kappa shape index (κ1) is 15.2. The number of halogens is 3. The Bertz CT molecular complexity index is 529. The van der Waals surface area contributed by atoms with Crippen LogP contribution in [0.5, 0.6) is 0 Å². The van der Waals surface area contributed by atoms with Gasteiger partial charge >= 0.3 is 6.18 Å². The summed E-state index contributed by atoms with van der Waals surface area (Å²) < 4.78 is 38.8. The van der Waals surface area contributed by atoms with E-state index in [4.69, 9.17) is 0 Å². The SMILES string of the molecule is Cc1ccc(C(F)(F)F)cc1C1(O)CC2CCCC(C1)S2. The van der Waals surface area contributed by atoms with Gasteiger partial charge in [0.05, 0.1) is 11.2 Å². The van der Waals surface area contributed by atoms with Crippen molar-refractivity contribution in [2.24, 2.45) is 0 Å². The zero-order valence-electron chi connectivity index (χ0n) is 11.9. The second-order valence-corrected chi connectivity index (χ2v) is 7.88. The van der Waals surface area contributed by atoms with Gasteiger partial charge in [0.25, 0.3) is 0 Å². The van der Waals surface area contributed by atoms with Gasteiger partial charge < -0.3 is 5.11 Å². The van der Waals surface area contributed by atoms with Gasteiger partial charge in [0.1, 0.15) is 0 Å². The number of hydrogen-bond donors (Lipinski definition) is 1. The van der Waals surface area contributed by atoms with Crippen molar-refractivity contribution in [1.82, 2.24) is 0 Å². The highest BCUT2D eigenvalue weighted by molar-refractivity contribution is 8.00. The third-order valence-corrected chi connectivity index (χ3v) is 6.21. The largest absolute Gasteiger partial charge is 0.416 e. The van der Waals surface area contributed by atoms with Crippen LogP contribution in [0.15, 0.2) is 18.2 Å². The third-order valence-electron chi connectivity index (χ3n) is 4.63. The average molecular weight is 316 g/mol. The summed E-state index contributed by atoms with van der Waals surface area (Å²) in [4.78, 5) is 0. The highest BCUT2D eigenvalue weighted by Gasteiger charge is 2.44. The molecule has 3 rings (SSSR count). The Hall–Kier alpha value is -0.680. The summed E-state index contributed by atoms with van der Waals surface area (Å²) in [6.07, 6.45) is 0.0493. The lowest BCUT2D eigenvalue weighted by Crippen LogP contribution is -2.41. The molecule has 1 aromatic rings. The minimum Gasteiger partial charge on any atom is -0.385 e. The fourth-order valence-corrected chi connectivity index (χ4v) is 5.53. The molecule has 2 saturated heterocycles. The van der Waals surface area contributed by atoms with Crippen molar-refractivity contribution in [2.45, 2.75) is 61.3 Å². The van der Waals surface area contributed by atoms with Crippen molar-refractivity contribution in [3.05, 3.63) is 34.9 Å². The van der Waals surface area contributed by atoms with Crippen molar-refractivity contribution in [3.63, 3.8) is 0 Å². The van der Waals surface area contributed by atoms with E-state index in [1.807, 2.05) is 11.8 Å². The molecule has 2 atom stereocenters. The second kappa shape index (κ2) is 5.20. The van der Waals surface area contributed by atoms with Crippen LogP contribution in [-0.4, -0.2) is 15.6 Å². The number of aryl methyl sites for hydroxylation is 1. The molecule has 2 aliphatic heterocycles. The van der Waals surface area contributed by atoms with E-state index in [9.17, 15) is 18.3 Å². The van der Waals surface area contributed by atoms with Crippen LogP contribution in [0.2, 0.25) is 0 Å². The summed E-state index contributed by atoms with van der Waals surface area (Å²) >= 11 is 1.90. The molecule has 1 aromatic carbocycles. The minimum absolute atomic E-state index is 0.372. The van der Waals surface area contributed by atoms with Crippen LogP contribution >= 0.6 is 11.8 Å². The molecule has 0 spiro atoms. The van der Waals surface area contributed by atoms with Crippen molar-refractivity contribution in [1.29, 1.82) is 0 Å². The summed E-state index contributed by atoms with van der Waals surface area (Å²) in [5.41, 5.74) is -0.559. The molecule has 2 heterocycles. The number of thioether (sulfide) groups is 1. The fraction of sp³-hybridized carbons (Fsp3) is 0.625. The highest BCUT2D eigenvalue weighted by Crippen LogP contribution is 2.50. The lowest BCUT2D eigenvalue weighted by atomic mass is 9.78. The van der Waals surface area contributed by atoms with Crippen molar-refractivity contribution in [2.75, 3.05) is 0 Å². The van der Waals surface area contributed by atoms with E-state index in [1.54, 1.807) is 6.92 Å². The summed E-state index contributed by atoms with van der Waals surface area (Å²) in [7, 11) is 0. The van der Waals surface area contributed by atoms with Crippen LogP contribution < -0.4 is 0 Å². The van der Waals surface area contributed by atoms with Crippen LogP contribution in [0.4, 0.5) is 13.2 Å². The number of hydrogen-bond acceptors (Lipinski definition) is 2. The maximum Gasteiger partial charge on any atom is 0.416 e. The van der Waals surface area contributed by atoms with Gasteiger partial charge in [-0.2, -0.15) is 24.9 Å². The zero-order valence-corrected chi connectivity index (χ0v) is 12.7. The lowest BCUT2D eigenvalue weighted by Gasteiger charge is -2.44. The molecule has 5 heteroatoms. The van der Waals surface area contributed by atoms with Crippen molar-refractivity contribution in [3.8, 4) is 0 Å². The minimum atomic E-state index is -4.36. The number of rotatable bonds is 1. The molecule has 1 N–H and O–H groups in total. The van der Waals surface area contributed by atoms with Gasteiger partial charge in [-0.1, -0.05) is 12.5 Å². The molecule has 0 saturated carbocycles. The topological polar surface area (TPSA) is 20.2 Å². The van der Waals surface area contributed by atoms with E-state index in [0.29, 0.717) is 28.9 Å². The molecule has 2 aliphatic rings. The predicted octanol–water partition coefficient (Wildman–Crippen LogP) is 4.65. The highest BCUT2D eigenvalue weighted by atomic mass is 32.2. The van der Waals surface area contributed by atoms with E-state index in [-0.39, 0.29) is 0 Å². The Labute approximate surface area is 126 Å². The fourth-order valence-electron chi connectivity index (χ4n) is 3.64. The van der Waals surface area contributed by atoms with Crippen molar-refractivity contribution >= 4 is 11.8 Å². The molecule has 2 bridgehead atoms. The molecule has 116 valence electrons. The molecular formula is C16H19F3OS. The monoisotopic (exact) mass is 316 g/mol. The van der Waals surface area contributed by atoms with E-state index in [0.717, 1.165) is 30.5 Å².